The number of nitrogens with two attached hydrogens (primary N) is 3. The van der Waals surface area contributed by atoms with Gasteiger partial charge in [0, 0.05) is 6.54 Å². The van der Waals surface area contributed by atoms with Crippen molar-refractivity contribution in [3.8, 4) is 0 Å². The van der Waals surface area contributed by atoms with Gasteiger partial charge in [0.15, 0.2) is 5.96 Å². The number of nitrogens with zero attached hydrogens (tertiary/aromatic N) is 1. The smallest absolute Gasteiger partial charge is 0.326 e. The van der Waals surface area contributed by atoms with Crippen LogP contribution in [0.1, 0.15) is 33.1 Å². The first kappa shape index (κ1) is 30.4. The first-order valence-corrected chi connectivity index (χ1v) is 11.9. The van der Waals surface area contributed by atoms with Crippen molar-refractivity contribution >= 4 is 41.4 Å². The fourth-order valence-corrected chi connectivity index (χ4v) is 3.15. The van der Waals surface area contributed by atoms with Crippen LogP contribution >= 0.6 is 11.8 Å². The lowest BCUT2D eigenvalue weighted by Crippen LogP contribution is -2.58. The lowest BCUT2D eigenvalue weighted by Gasteiger charge is -2.27. The molecule has 0 aliphatic rings. The van der Waals surface area contributed by atoms with Crippen LogP contribution in [-0.4, -0.2) is 89.2 Å². The fraction of sp³-hybridized carbons (Fsp3) is 0.737. The van der Waals surface area contributed by atoms with E-state index >= 15 is 0 Å². The van der Waals surface area contributed by atoms with Crippen molar-refractivity contribution in [2.24, 2.45) is 28.1 Å². The van der Waals surface area contributed by atoms with Crippen LogP contribution in [0.2, 0.25) is 0 Å². The van der Waals surface area contributed by atoms with E-state index in [4.69, 9.17) is 22.3 Å². The highest BCUT2D eigenvalue weighted by atomic mass is 32.2. The molecular formula is C19H37N7O6S. The molecule has 0 aliphatic heterocycles. The minimum atomic E-state index is -1.23. The summed E-state index contributed by atoms with van der Waals surface area (Å²) in [7, 11) is 0. The van der Waals surface area contributed by atoms with Crippen molar-refractivity contribution in [1.82, 2.24) is 16.0 Å². The maximum absolute atomic E-state index is 12.9. The minimum Gasteiger partial charge on any atom is -0.480 e. The van der Waals surface area contributed by atoms with Crippen LogP contribution in [0.5, 0.6) is 0 Å². The number of hydrogen-bond acceptors (Lipinski definition) is 8. The second kappa shape index (κ2) is 16.1. The second-order valence-electron chi connectivity index (χ2n) is 7.71. The molecule has 13 nitrogen and oxygen atoms in total. The molecule has 0 rings (SSSR count). The summed E-state index contributed by atoms with van der Waals surface area (Å²) in [6.45, 7) is 2.97. The first-order valence-electron chi connectivity index (χ1n) is 10.5. The number of aliphatic imine (C=N–C) groups is 1. The van der Waals surface area contributed by atoms with E-state index in [0.29, 0.717) is 12.2 Å². The zero-order chi connectivity index (χ0) is 25.6. The van der Waals surface area contributed by atoms with Crippen molar-refractivity contribution in [3.05, 3.63) is 0 Å². The molecular weight excluding hydrogens is 454 g/mol. The van der Waals surface area contributed by atoms with E-state index in [1.54, 1.807) is 13.8 Å². The topological polar surface area (TPSA) is 235 Å². The molecule has 4 unspecified atom stereocenters. The van der Waals surface area contributed by atoms with Crippen molar-refractivity contribution in [1.29, 1.82) is 0 Å². The second-order valence-corrected chi connectivity index (χ2v) is 8.70. The molecule has 190 valence electrons. The SMILES string of the molecule is CSCCC(NC(=O)C(NC(=O)C(CCCN=C(N)N)NC(=O)C(N)CO)C(C)C)C(=O)O. The first-order chi connectivity index (χ1) is 15.4. The van der Waals surface area contributed by atoms with Crippen LogP contribution in [0.3, 0.4) is 0 Å². The maximum Gasteiger partial charge on any atom is 0.326 e. The molecule has 0 saturated heterocycles. The van der Waals surface area contributed by atoms with E-state index in [1.807, 2.05) is 6.26 Å². The molecule has 33 heavy (non-hydrogen) atoms. The third kappa shape index (κ3) is 12.3. The van der Waals surface area contributed by atoms with Gasteiger partial charge in [-0.1, -0.05) is 13.8 Å². The molecule has 0 aromatic heterocycles. The quantitative estimate of drug-likeness (QED) is 0.0632. The molecule has 4 atom stereocenters. The molecule has 0 aromatic rings. The summed E-state index contributed by atoms with van der Waals surface area (Å²) in [5.41, 5.74) is 16.1. The summed E-state index contributed by atoms with van der Waals surface area (Å²) < 4.78 is 0. The van der Waals surface area contributed by atoms with Crippen LogP contribution in [-0.2, 0) is 19.2 Å². The fourth-order valence-electron chi connectivity index (χ4n) is 2.68. The Kier molecular flexibility index (Phi) is 14.8. The van der Waals surface area contributed by atoms with Crippen LogP contribution in [0.15, 0.2) is 4.99 Å². The van der Waals surface area contributed by atoms with Gasteiger partial charge in [-0.2, -0.15) is 11.8 Å². The van der Waals surface area contributed by atoms with E-state index < -0.39 is 54.5 Å². The Morgan fingerprint density at radius 2 is 1.58 bits per heavy atom. The van der Waals surface area contributed by atoms with Gasteiger partial charge in [0.25, 0.3) is 0 Å². The number of thioether (sulfide) groups is 1. The Bertz CT molecular complexity index is 688. The van der Waals surface area contributed by atoms with Crippen molar-refractivity contribution in [2.75, 3.05) is 25.2 Å². The van der Waals surface area contributed by atoms with E-state index in [0.717, 1.165) is 0 Å². The summed E-state index contributed by atoms with van der Waals surface area (Å²) >= 11 is 1.45. The predicted molar refractivity (Wildman–Crippen MR) is 126 cm³/mol. The van der Waals surface area contributed by atoms with Gasteiger partial charge in [0.05, 0.1) is 6.61 Å². The molecule has 11 N–H and O–H groups in total. The minimum absolute atomic E-state index is 0.117. The standard InChI is InChI=1S/C19H37N7O6S/c1-10(2)14(17(30)25-13(18(31)32)6-8-33-3)26-16(29)12(5-4-7-23-19(21)22)24-15(28)11(20)9-27/h10-14,27H,4-9,20H2,1-3H3,(H,24,28)(H,25,30)(H,26,29)(H,31,32)(H4,21,22,23). The highest BCUT2D eigenvalue weighted by Gasteiger charge is 2.31. The number of carboxylic acids is 1. The average molecular weight is 492 g/mol. The van der Waals surface area contributed by atoms with E-state index in [-0.39, 0.29) is 31.3 Å². The lowest BCUT2D eigenvalue weighted by molar-refractivity contribution is -0.142. The van der Waals surface area contributed by atoms with Crippen LogP contribution in [0.25, 0.3) is 0 Å². The van der Waals surface area contributed by atoms with E-state index in [2.05, 4.69) is 20.9 Å². The summed E-state index contributed by atoms with van der Waals surface area (Å²) in [6, 6.07) is -4.45. The lowest BCUT2D eigenvalue weighted by atomic mass is 10.0. The molecule has 0 aliphatic carbocycles. The normalized spacial score (nSPS) is 14.5. The molecule has 0 aromatic carbocycles. The number of aliphatic hydroxyl groups is 1. The Balaban J connectivity index is 5.40. The van der Waals surface area contributed by atoms with Crippen molar-refractivity contribution in [3.63, 3.8) is 0 Å². The summed E-state index contributed by atoms with van der Waals surface area (Å²) in [4.78, 5) is 53.1. The molecule has 14 heteroatoms. The van der Waals surface area contributed by atoms with Gasteiger partial charge < -0.3 is 43.4 Å². The average Bonchev–Trinajstić information content (AvgIpc) is 2.75. The molecule has 0 radical (unpaired) electrons. The highest BCUT2D eigenvalue weighted by molar-refractivity contribution is 7.98. The van der Waals surface area contributed by atoms with Gasteiger partial charge in [-0.05, 0) is 37.2 Å². The number of aliphatic hydroxyl groups excluding tert-OH is 1. The van der Waals surface area contributed by atoms with Crippen molar-refractivity contribution in [2.45, 2.75) is 57.3 Å². The summed E-state index contributed by atoms with van der Waals surface area (Å²) in [5, 5.41) is 25.9. The number of rotatable bonds is 16. The molecule has 0 fully saturated rings. The maximum atomic E-state index is 12.9. The number of nitrogens with one attached hydrogen (secondary N) is 3. The Morgan fingerprint density at radius 3 is 2.06 bits per heavy atom. The largest absolute Gasteiger partial charge is 0.480 e. The summed E-state index contributed by atoms with van der Waals surface area (Å²) in [6.07, 6.45) is 2.51. The number of guanidine groups is 1. The number of carbonyl (C=O) groups is 4. The zero-order valence-electron chi connectivity index (χ0n) is 19.2. The number of hydrogen-bond donors (Lipinski definition) is 8. The molecule has 3 amide bonds. The Morgan fingerprint density at radius 1 is 0.970 bits per heavy atom. The molecule has 0 saturated carbocycles. The van der Waals surface area contributed by atoms with Gasteiger partial charge >= 0.3 is 5.97 Å². The van der Waals surface area contributed by atoms with Crippen LogP contribution < -0.4 is 33.2 Å². The van der Waals surface area contributed by atoms with Gasteiger partial charge in [-0.3, -0.25) is 19.4 Å². The Labute approximate surface area is 197 Å². The monoisotopic (exact) mass is 491 g/mol. The van der Waals surface area contributed by atoms with Gasteiger partial charge in [-0.25, -0.2) is 4.79 Å². The van der Waals surface area contributed by atoms with E-state index in [9.17, 15) is 24.3 Å². The number of amides is 3. The number of carbonyl (C=O) groups excluding carboxylic acids is 3. The van der Waals surface area contributed by atoms with Gasteiger partial charge in [0.2, 0.25) is 17.7 Å². The van der Waals surface area contributed by atoms with Crippen LogP contribution in [0.4, 0.5) is 0 Å². The van der Waals surface area contributed by atoms with Crippen molar-refractivity contribution < 1.29 is 29.4 Å². The zero-order valence-corrected chi connectivity index (χ0v) is 20.1. The van der Waals surface area contributed by atoms with Gasteiger partial charge in [0.1, 0.15) is 24.2 Å². The Hall–Kier alpha value is -2.58. The molecule has 0 heterocycles. The molecule has 0 bridgehead atoms. The predicted octanol–water partition coefficient (Wildman–Crippen LogP) is -2.69. The third-order valence-electron chi connectivity index (χ3n) is 4.58. The molecule has 0 spiro atoms. The summed E-state index contributed by atoms with van der Waals surface area (Å²) in [5.74, 6) is -3.19. The number of aliphatic carboxylic acids is 1. The highest BCUT2D eigenvalue weighted by Crippen LogP contribution is 2.08. The van der Waals surface area contributed by atoms with Gasteiger partial charge in [-0.15, -0.1) is 0 Å². The van der Waals surface area contributed by atoms with E-state index in [1.165, 1.54) is 11.8 Å². The third-order valence-corrected chi connectivity index (χ3v) is 5.23. The number of carboxylic acid groups (broad SMARTS) is 1. The van der Waals surface area contributed by atoms with Crippen LogP contribution in [0, 0.1) is 5.92 Å².